The van der Waals surface area contributed by atoms with Gasteiger partial charge in [-0.05, 0) is 80.0 Å². The molecule has 2 bridgehead atoms. The molecule has 2 heterocycles. The highest BCUT2D eigenvalue weighted by Gasteiger charge is 2.49. The van der Waals surface area contributed by atoms with E-state index < -0.39 is 23.8 Å². The Morgan fingerprint density at radius 3 is 2.66 bits per heavy atom. The maximum Gasteiger partial charge on any atom is 0.343 e. The van der Waals surface area contributed by atoms with Gasteiger partial charge < -0.3 is 18.9 Å². The predicted octanol–water partition coefficient (Wildman–Crippen LogP) is 3.68. The first kappa shape index (κ1) is 24.0. The number of fused-ring (bicyclic) bond motifs is 3. The second-order valence-corrected chi connectivity index (χ2v) is 9.83. The molecule has 0 aromatic heterocycles. The number of nitrogens with zero attached hydrogens (tertiary/aromatic N) is 1. The molecule has 2 aliphatic heterocycles. The number of hydrogen-bond donors (Lipinski definition) is 1. The minimum atomic E-state index is -0.740. The molecule has 2 saturated carbocycles. The second-order valence-electron chi connectivity index (χ2n) is 9.83. The Kier molecular flexibility index (Phi) is 6.01. The lowest BCUT2D eigenvalue weighted by molar-refractivity contribution is -0.132. The van der Waals surface area contributed by atoms with Gasteiger partial charge in [-0.15, -0.1) is 0 Å². The van der Waals surface area contributed by atoms with Gasteiger partial charge in [0.15, 0.2) is 23.0 Å². The number of nitrogens with one attached hydrogen (secondary N) is 1. The van der Waals surface area contributed by atoms with E-state index in [1.165, 1.54) is 17.0 Å². The Hall–Kier alpha value is -4.34. The summed E-state index contributed by atoms with van der Waals surface area (Å²) >= 11 is 0. The van der Waals surface area contributed by atoms with Crippen molar-refractivity contribution < 1.29 is 38.1 Å². The lowest BCUT2D eigenvalue weighted by atomic mass is 9.93. The number of amides is 4. The molecule has 4 amide bonds. The van der Waals surface area contributed by atoms with E-state index in [2.05, 4.69) is 5.32 Å². The van der Waals surface area contributed by atoms with Gasteiger partial charge in [0, 0.05) is 6.04 Å². The van der Waals surface area contributed by atoms with Crippen molar-refractivity contribution in [2.45, 2.75) is 38.6 Å². The predicted molar refractivity (Wildman–Crippen MR) is 133 cm³/mol. The monoisotopic (exact) mass is 518 g/mol. The average Bonchev–Trinajstić information content (AvgIpc) is 3.65. The number of barbiturate groups is 1. The van der Waals surface area contributed by atoms with Crippen LogP contribution in [0.1, 0.15) is 48.5 Å². The molecule has 6 rings (SSSR count). The van der Waals surface area contributed by atoms with Crippen LogP contribution in [0.3, 0.4) is 0 Å². The van der Waals surface area contributed by atoms with Crippen molar-refractivity contribution >= 4 is 29.9 Å². The molecular formula is C28H26N2O8. The van der Waals surface area contributed by atoms with Gasteiger partial charge in [-0.1, -0.05) is 12.5 Å². The van der Waals surface area contributed by atoms with Crippen LogP contribution < -0.4 is 24.3 Å². The minimum Gasteiger partial charge on any atom is -0.490 e. The van der Waals surface area contributed by atoms with E-state index in [1.807, 2.05) is 0 Å². The molecule has 4 aliphatic rings. The van der Waals surface area contributed by atoms with Crippen molar-refractivity contribution in [2.75, 3.05) is 13.4 Å². The molecular weight excluding hydrogens is 492 g/mol. The molecule has 1 saturated heterocycles. The van der Waals surface area contributed by atoms with Gasteiger partial charge in [0.2, 0.25) is 6.79 Å². The van der Waals surface area contributed by atoms with Crippen LogP contribution in [0, 0.1) is 11.8 Å². The zero-order valence-corrected chi connectivity index (χ0v) is 20.7. The van der Waals surface area contributed by atoms with Crippen LogP contribution in [0.2, 0.25) is 0 Å². The molecule has 0 unspecified atom stereocenters. The van der Waals surface area contributed by atoms with E-state index in [-0.39, 0.29) is 41.4 Å². The quantitative estimate of drug-likeness (QED) is 0.266. The SMILES string of the molecule is CCOc1cc(/C=C2\C(=O)NC(=O)N([C@@H]3C[C@H]4CC[C@H]3C4)C2=O)ccc1OC(=O)c1ccc2c(c1)OCO2. The van der Waals surface area contributed by atoms with Crippen LogP contribution in [-0.4, -0.2) is 48.2 Å². The fourth-order valence-corrected chi connectivity index (χ4v) is 5.82. The summed E-state index contributed by atoms with van der Waals surface area (Å²) in [6.07, 6.45) is 5.33. The summed E-state index contributed by atoms with van der Waals surface area (Å²) in [5.41, 5.74) is 0.634. The Morgan fingerprint density at radius 2 is 1.89 bits per heavy atom. The van der Waals surface area contributed by atoms with Crippen molar-refractivity contribution in [1.29, 1.82) is 0 Å². The second kappa shape index (κ2) is 9.51. The third-order valence-corrected chi connectivity index (χ3v) is 7.56. The van der Waals surface area contributed by atoms with Crippen molar-refractivity contribution in [3.05, 3.63) is 53.1 Å². The summed E-state index contributed by atoms with van der Waals surface area (Å²) < 4.78 is 21.9. The molecule has 1 N–H and O–H groups in total. The van der Waals surface area contributed by atoms with Gasteiger partial charge in [-0.25, -0.2) is 9.59 Å². The Balaban J connectivity index is 1.24. The summed E-state index contributed by atoms with van der Waals surface area (Å²) in [5.74, 6) is 0.316. The molecule has 0 spiro atoms. The van der Waals surface area contributed by atoms with Crippen LogP contribution >= 0.6 is 0 Å². The van der Waals surface area contributed by atoms with Crippen molar-refractivity contribution in [2.24, 2.45) is 11.8 Å². The smallest absolute Gasteiger partial charge is 0.343 e. The summed E-state index contributed by atoms with van der Waals surface area (Å²) in [6, 6.07) is 8.63. The molecule has 0 radical (unpaired) electrons. The van der Waals surface area contributed by atoms with Gasteiger partial charge in [-0.3, -0.25) is 19.8 Å². The van der Waals surface area contributed by atoms with Gasteiger partial charge in [0.05, 0.1) is 12.2 Å². The largest absolute Gasteiger partial charge is 0.490 e. The van der Waals surface area contributed by atoms with Crippen molar-refractivity contribution in [3.8, 4) is 23.0 Å². The minimum absolute atomic E-state index is 0.0908. The van der Waals surface area contributed by atoms with E-state index in [4.69, 9.17) is 18.9 Å². The number of carbonyl (C=O) groups is 4. The van der Waals surface area contributed by atoms with Crippen LogP contribution in [0.25, 0.3) is 6.08 Å². The number of imide groups is 2. The van der Waals surface area contributed by atoms with Gasteiger partial charge in [0.1, 0.15) is 5.57 Å². The number of urea groups is 1. The van der Waals surface area contributed by atoms with Gasteiger partial charge in [0.25, 0.3) is 11.8 Å². The topological polar surface area (TPSA) is 120 Å². The highest BCUT2D eigenvalue weighted by Crippen LogP contribution is 2.47. The molecule has 10 nitrogen and oxygen atoms in total. The number of rotatable bonds is 6. The van der Waals surface area contributed by atoms with Crippen LogP contribution in [0.15, 0.2) is 42.0 Å². The average molecular weight is 519 g/mol. The first-order chi connectivity index (χ1) is 18.4. The van der Waals surface area contributed by atoms with Gasteiger partial charge >= 0.3 is 12.0 Å². The number of ether oxygens (including phenoxy) is 4. The van der Waals surface area contributed by atoms with Gasteiger partial charge in [-0.2, -0.15) is 0 Å². The summed E-state index contributed by atoms with van der Waals surface area (Å²) in [4.78, 5) is 52.6. The third-order valence-electron chi connectivity index (χ3n) is 7.56. The summed E-state index contributed by atoms with van der Waals surface area (Å²) in [7, 11) is 0. The van der Waals surface area contributed by atoms with Crippen molar-refractivity contribution in [1.82, 2.24) is 10.2 Å². The first-order valence-electron chi connectivity index (χ1n) is 12.7. The fourth-order valence-electron chi connectivity index (χ4n) is 5.82. The number of esters is 1. The first-order valence-corrected chi connectivity index (χ1v) is 12.7. The van der Waals surface area contributed by atoms with E-state index in [1.54, 1.807) is 37.3 Å². The normalized spacial score (nSPS) is 24.7. The van der Waals surface area contributed by atoms with Crippen LogP contribution in [0.4, 0.5) is 4.79 Å². The van der Waals surface area contributed by atoms with E-state index in [0.717, 1.165) is 25.7 Å². The van der Waals surface area contributed by atoms with Crippen LogP contribution in [-0.2, 0) is 9.59 Å². The standard InChI is InChI=1S/C28H26N2O8/c1-2-35-23-12-16(4-7-22(23)38-27(33)18-6-8-21-24(13-18)37-14-36-21)10-19-25(31)29-28(34)30(26(19)32)20-11-15-3-5-17(20)9-15/h4,6-8,10,12-13,15,17,20H,2-3,5,9,11,14H2,1H3,(H,29,31,34)/b19-10+/t15-,17-,20+/m0/s1. The number of carbonyl (C=O) groups excluding carboxylic acids is 4. The summed E-state index contributed by atoms with van der Waals surface area (Å²) in [5, 5.41) is 2.32. The molecule has 38 heavy (non-hydrogen) atoms. The maximum absolute atomic E-state index is 13.3. The zero-order chi connectivity index (χ0) is 26.4. The number of hydrogen-bond acceptors (Lipinski definition) is 8. The van der Waals surface area contributed by atoms with E-state index in [0.29, 0.717) is 29.6 Å². The third kappa shape index (κ3) is 4.25. The number of benzene rings is 2. The lowest BCUT2D eigenvalue weighted by Gasteiger charge is -2.35. The molecule has 196 valence electrons. The fraction of sp³-hybridized carbons (Fsp3) is 0.357. The molecule has 10 heteroatoms. The van der Waals surface area contributed by atoms with Crippen molar-refractivity contribution in [3.63, 3.8) is 0 Å². The maximum atomic E-state index is 13.3. The van der Waals surface area contributed by atoms with E-state index in [9.17, 15) is 19.2 Å². The lowest BCUT2D eigenvalue weighted by Crippen LogP contribution is -2.58. The van der Waals surface area contributed by atoms with Crippen LogP contribution in [0.5, 0.6) is 23.0 Å². The molecule has 3 fully saturated rings. The Morgan fingerprint density at radius 1 is 1.05 bits per heavy atom. The molecule has 2 aromatic rings. The van der Waals surface area contributed by atoms with E-state index >= 15 is 0 Å². The Bertz CT molecular complexity index is 1380. The Labute approximate surface area is 218 Å². The molecule has 2 aromatic carbocycles. The zero-order valence-electron chi connectivity index (χ0n) is 20.7. The molecule has 3 atom stereocenters. The highest BCUT2D eigenvalue weighted by atomic mass is 16.7. The highest BCUT2D eigenvalue weighted by molar-refractivity contribution is 6.31. The molecule has 2 aliphatic carbocycles. The summed E-state index contributed by atoms with van der Waals surface area (Å²) in [6.45, 7) is 2.17.